The highest BCUT2D eigenvalue weighted by atomic mass is 16.4. The first kappa shape index (κ1) is 12.8. The zero-order valence-electron chi connectivity index (χ0n) is 7.13. The molecule has 0 saturated heterocycles. The molecule has 0 fully saturated rings. The van der Waals surface area contributed by atoms with Crippen LogP contribution in [0.4, 0.5) is 0 Å². The number of carbonyl (C=O) groups is 1. The Bertz CT molecular complexity index is 230. The minimum atomic E-state index is -1.81. The fraction of sp³-hybridized carbons (Fsp3) is 0.833. The second kappa shape index (κ2) is 6.30. The maximum absolute atomic E-state index is 10.0. The third kappa shape index (κ3) is 3.69. The molecule has 0 amide bonds. The molecule has 0 aliphatic carbocycles. The van der Waals surface area contributed by atoms with E-state index in [0.717, 1.165) is 0 Å². The fourth-order valence-corrected chi connectivity index (χ4v) is 0.738. The van der Waals surface area contributed by atoms with Gasteiger partial charge in [0.2, 0.25) is 0 Å². The van der Waals surface area contributed by atoms with Crippen LogP contribution in [0.5, 0.6) is 0 Å². The molecule has 0 heterocycles. The van der Waals surface area contributed by atoms with Crippen LogP contribution in [0, 0.1) is 0 Å². The molecule has 80 valence electrons. The van der Waals surface area contributed by atoms with Crippen LogP contribution in [0.2, 0.25) is 0 Å². The predicted octanol–water partition coefficient (Wildman–Crippen LogP) is -2.06. The summed E-state index contributed by atoms with van der Waals surface area (Å²) in [4.78, 5) is 12.3. The number of nitrogens with zero attached hydrogens (tertiary/aromatic N) is 3. The molecule has 0 saturated carbocycles. The fourth-order valence-electron chi connectivity index (χ4n) is 0.738. The molecule has 0 aliphatic rings. The van der Waals surface area contributed by atoms with Crippen molar-refractivity contribution in [3.05, 3.63) is 10.4 Å². The van der Waals surface area contributed by atoms with E-state index in [2.05, 4.69) is 10.0 Å². The van der Waals surface area contributed by atoms with Crippen LogP contribution in [-0.2, 0) is 4.79 Å². The third-order valence-electron chi connectivity index (χ3n) is 1.57. The number of aldehydes is 1. The number of azide groups is 1. The van der Waals surface area contributed by atoms with E-state index >= 15 is 0 Å². The van der Waals surface area contributed by atoms with Gasteiger partial charge < -0.3 is 25.2 Å². The van der Waals surface area contributed by atoms with E-state index in [1.54, 1.807) is 0 Å². The minimum absolute atomic E-state index is 0.0220. The van der Waals surface area contributed by atoms with Gasteiger partial charge in [-0.3, -0.25) is 0 Å². The minimum Gasteiger partial charge on any atom is -0.390 e. The number of carbonyl (C=O) groups excluding carboxylic acids is 1. The Balaban J connectivity index is 4.21. The number of aliphatic hydroxyl groups excluding tert-OH is 4. The van der Waals surface area contributed by atoms with Gasteiger partial charge in [-0.2, -0.15) is 0 Å². The highest BCUT2D eigenvalue weighted by Gasteiger charge is 2.29. The van der Waals surface area contributed by atoms with E-state index in [1.165, 1.54) is 0 Å². The van der Waals surface area contributed by atoms with Crippen molar-refractivity contribution < 1.29 is 25.2 Å². The Morgan fingerprint density at radius 1 is 1.29 bits per heavy atom. The average Bonchev–Trinajstić information content (AvgIpc) is 2.22. The molecule has 4 atom stereocenters. The van der Waals surface area contributed by atoms with E-state index < -0.39 is 31.0 Å². The van der Waals surface area contributed by atoms with Crippen LogP contribution < -0.4 is 0 Å². The van der Waals surface area contributed by atoms with Gasteiger partial charge in [-0.05, 0) is 5.53 Å². The van der Waals surface area contributed by atoms with E-state index in [0.29, 0.717) is 0 Å². The summed E-state index contributed by atoms with van der Waals surface area (Å²) in [5.41, 5.74) is 7.89. The predicted molar refractivity (Wildman–Crippen MR) is 44.1 cm³/mol. The number of hydrogen-bond donors (Lipinski definition) is 4. The molecule has 14 heavy (non-hydrogen) atoms. The van der Waals surface area contributed by atoms with Crippen LogP contribution in [0.25, 0.3) is 10.4 Å². The van der Waals surface area contributed by atoms with E-state index in [-0.39, 0.29) is 6.29 Å². The summed E-state index contributed by atoms with van der Waals surface area (Å²) in [7, 11) is 0. The van der Waals surface area contributed by atoms with Crippen molar-refractivity contribution >= 4 is 6.29 Å². The van der Waals surface area contributed by atoms with Gasteiger partial charge in [-0.1, -0.05) is 5.11 Å². The topological polar surface area (TPSA) is 147 Å². The normalized spacial score (nSPS) is 18.9. The maximum Gasteiger partial charge on any atom is 0.151 e. The van der Waals surface area contributed by atoms with Crippen molar-refractivity contribution in [2.45, 2.75) is 24.4 Å². The molecule has 0 rings (SSSR count). The van der Waals surface area contributed by atoms with Crippen LogP contribution >= 0.6 is 0 Å². The summed E-state index contributed by atoms with van der Waals surface area (Å²) in [6.45, 7) is -0.458. The molecule has 0 unspecified atom stereocenters. The summed E-state index contributed by atoms with van der Waals surface area (Å²) < 4.78 is 0. The second-order valence-corrected chi connectivity index (χ2v) is 2.59. The Kier molecular flexibility index (Phi) is 5.77. The van der Waals surface area contributed by atoms with Gasteiger partial charge >= 0.3 is 0 Å². The smallest absolute Gasteiger partial charge is 0.151 e. The van der Waals surface area contributed by atoms with Crippen molar-refractivity contribution in [2.75, 3.05) is 6.54 Å². The highest BCUT2D eigenvalue weighted by molar-refractivity contribution is 5.56. The Morgan fingerprint density at radius 2 is 1.86 bits per heavy atom. The summed E-state index contributed by atoms with van der Waals surface area (Å²) in [6.07, 6.45) is -6.85. The molecule has 0 aromatic carbocycles. The molecular weight excluding hydrogens is 194 g/mol. The van der Waals surface area contributed by atoms with Gasteiger partial charge in [0.1, 0.15) is 18.3 Å². The van der Waals surface area contributed by atoms with Crippen molar-refractivity contribution in [2.24, 2.45) is 5.11 Å². The Labute approximate surface area is 79.0 Å². The molecule has 8 nitrogen and oxygen atoms in total. The van der Waals surface area contributed by atoms with E-state index in [4.69, 9.17) is 26.0 Å². The highest BCUT2D eigenvalue weighted by Crippen LogP contribution is 2.04. The van der Waals surface area contributed by atoms with E-state index in [9.17, 15) is 4.79 Å². The molecular formula is C6H11N3O5. The van der Waals surface area contributed by atoms with Gasteiger partial charge in [-0.25, -0.2) is 0 Å². The Hall–Kier alpha value is -1.18. The molecule has 0 radical (unpaired) electrons. The molecule has 0 aromatic heterocycles. The molecule has 8 heteroatoms. The molecule has 0 spiro atoms. The lowest BCUT2D eigenvalue weighted by atomic mass is 10.0. The lowest BCUT2D eigenvalue weighted by Gasteiger charge is -2.22. The summed E-state index contributed by atoms with van der Waals surface area (Å²) in [5.74, 6) is 0. The zero-order valence-corrected chi connectivity index (χ0v) is 7.13. The SMILES string of the molecule is [N-]=[N+]=NC[C@@H](O)[C@H](O)[C@H](O)[C@@H](O)C=O. The lowest BCUT2D eigenvalue weighted by molar-refractivity contribution is -0.132. The van der Waals surface area contributed by atoms with Crippen LogP contribution in [0.3, 0.4) is 0 Å². The first-order chi connectivity index (χ1) is 6.54. The maximum atomic E-state index is 10.0. The largest absolute Gasteiger partial charge is 0.390 e. The summed E-state index contributed by atoms with van der Waals surface area (Å²) in [5, 5.41) is 38.9. The van der Waals surface area contributed by atoms with Gasteiger partial charge in [0, 0.05) is 4.91 Å². The second-order valence-electron chi connectivity index (χ2n) is 2.59. The molecule has 0 aliphatic heterocycles. The molecule has 0 bridgehead atoms. The molecule has 0 aromatic rings. The van der Waals surface area contributed by atoms with E-state index in [1.807, 2.05) is 0 Å². The van der Waals surface area contributed by atoms with Crippen LogP contribution in [0.1, 0.15) is 0 Å². The molecule has 4 N–H and O–H groups in total. The van der Waals surface area contributed by atoms with Gasteiger partial charge in [0.05, 0.1) is 12.6 Å². The van der Waals surface area contributed by atoms with Gasteiger partial charge in [-0.15, -0.1) is 0 Å². The number of aliphatic hydroxyl groups is 4. The standard InChI is InChI=1S/C6H11N3O5/c7-9-8-1-3(11)5(13)6(14)4(12)2-10/h2-6,11-14H,1H2/t3-,4+,5+,6-/m1/s1. The first-order valence-electron chi connectivity index (χ1n) is 3.73. The lowest BCUT2D eigenvalue weighted by Crippen LogP contribution is -2.46. The zero-order chi connectivity index (χ0) is 11.1. The van der Waals surface area contributed by atoms with Crippen molar-refractivity contribution in [3.8, 4) is 0 Å². The number of hydrogen-bond acceptors (Lipinski definition) is 6. The number of rotatable bonds is 6. The monoisotopic (exact) mass is 205 g/mol. The van der Waals surface area contributed by atoms with Crippen molar-refractivity contribution in [1.29, 1.82) is 0 Å². The van der Waals surface area contributed by atoms with Crippen LogP contribution in [-0.4, -0.2) is 57.7 Å². The first-order valence-corrected chi connectivity index (χ1v) is 3.73. The average molecular weight is 205 g/mol. The van der Waals surface area contributed by atoms with Crippen LogP contribution in [0.15, 0.2) is 5.11 Å². The quantitative estimate of drug-likeness (QED) is 0.170. The van der Waals surface area contributed by atoms with Crippen molar-refractivity contribution in [3.63, 3.8) is 0 Å². The van der Waals surface area contributed by atoms with Crippen molar-refractivity contribution in [1.82, 2.24) is 0 Å². The summed E-state index contributed by atoms with van der Waals surface area (Å²) >= 11 is 0. The summed E-state index contributed by atoms with van der Waals surface area (Å²) in [6, 6.07) is 0. The third-order valence-corrected chi connectivity index (χ3v) is 1.57. The van der Waals surface area contributed by atoms with Gasteiger partial charge in [0.25, 0.3) is 0 Å². The van der Waals surface area contributed by atoms with Gasteiger partial charge in [0.15, 0.2) is 6.29 Å². The Morgan fingerprint density at radius 3 is 2.29 bits per heavy atom.